The molecule has 1 fully saturated rings. The van der Waals surface area contributed by atoms with E-state index < -0.39 is 0 Å². The molecule has 0 amide bonds. The first-order valence-corrected chi connectivity index (χ1v) is 10.4. The van der Waals surface area contributed by atoms with Crippen molar-refractivity contribution < 1.29 is 0 Å². The third kappa shape index (κ3) is 2.40. The minimum atomic E-state index is 0.0830. The second-order valence-corrected chi connectivity index (χ2v) is 10.5. The molecule has 0 aromatic carbocycles. The Hall–Kier alpha value is 1.50. The summed E-state index contributed by atoms with van der Waals surface area (Å²) in [6.07, 6.45) is 0. The molecule has 0 saturated carbocycles. The van der Waals surface area contributed by atoms with Crippen LogP contribution in [0.3, 0.4) is 0 Å². The maximum absolute atomic E-state index is 2.32. The summed E-state index contributed by atoms with van der Waals surface area (Å²) in [5, 5.41) is 1.09. The van der Waals surface area contributed by atoms with Crippen LogP contribution in [0.25, 0.3) is 0 Å². The van der Waals surface area contributed by atoms with Crippen molar-refractivity contribution in [2.75, 3.05) is 11.5 Å². The Morgan fingerprint density at radius 1 is 1.75 bits per heavy atom. The van der Waals surface area contributed by atoms with Crippen LogP contribution < -0.4 is 0 Å². The van der Waals surface area contributed by atoms with Crippen molar-refractivity contribution in [3.8, 4) is 0 Å². The van der Waals surface area contributed by atoms with Crippen molar-refractivity contribution in [1.29, 1.82) is 0 Å². The first kappa shape index (κ1) is 7.60. The van der Waals surface area contributed by atoms with Crippen molar-refractivity contribution in [3.05, 3.63) is 0 Å². The van der Waals surface area contributed by atoms with E-state index in [1.165, 1.54) is 15.9 Å². The Balaban J connectivity index is 1.86. The van der Waals surface area contributed by atoms with Gasteiger partial charge in [0.25, 0.3) is 0 Å². The first-order chi connectivity index (χ1) is 3.93. The topological polar surface area (TPSA) is 0 Å². The summed E-state index contributed by atoms with van der Waals surface area (Å²) >= 11 is 2.18. The third-order valence-electron chi connectivity index (χ3n) is 1.00. The van der Waals surface area contributed by atoms with Crippen LogP contribution in [0.5, 0.6) is 0 Å². The molecule has 46 valence electrons. The quantitative estimate of drug-likeness (QED) is 0.704. The van der Waals surface area contributed by atoms with E-state index >= 15 is 0 Å². The zero-order valence-electron chi connectivity index (χ0n) is 5.02. The van der Waals surface area contributed by atoms with Gasteiger partial charge in [-0.1, -0.05) is 0 Å². The molecular weight excluding hydrogens is 243 g/mol. The fourth-order valence-electron chi connectivity index (χ4n) is 0.483. The maximum atomic E-state index is 2.32. The predicted molar refractivity (Wildman–Crippen MR) is 44.9 cm³/mol. The van der Waals surface area contributed by atoms with E-state index in [-0.39, 0.29) is 19.8 Å². The minimum absolute atomic E-state index is 0.0830. The van der Waals surface area contributed by atoms with Crippen molar-refractivity contribution in [2.45, 2.75) is 16.6 Å². The van der Waals surface area contributed by atoms with Crippen molar-refractivity contribution >= 4 is 40.5 Å². The van der Waals surface area contributed by atoms with Gasteiger partial charge in [0.2, 0.25) is 0 Å². The van der Waals surface area contributed by atoms with E-state index in [0.717, 1.165) is 5.25 Å². The van der Waals surface area contributed by atoms with E-state index in [2.05, 4.69) is 27.6 Å². The van der Waals surface area contributed by atoms with Gasteiger partial charge in [-0.3, -0.25) is 0 Å². The Bertz CT molecular complexity index is 63.4. The normalized spacial score (nSPS) is 20.6. The molecule has 0 aromatic heterocycles. The van der Waals surface area contributed by atoms with E-state index in [0.29, 0.717) is 0 Å². The second-order valence-electron chi connectivity index (χ2n) is 1.78. The van der Waals surface area contributed by atoms with E-state index in [1.54, 1.807) is 0 Å². The summed E-state index contributed by atoms with van der Waals surface area (Å²) < 4.78 is 1.51. The molecule has 8 heavy (non-hydrogen) atoms. The third-order valence-corrected chi connectivity index (χ3v) is 10.6. The molecule has 0 aromatic rings. The molecule has 0 aliphatic carbocycles. The average molecular weight is 253 g/mol. The second kappa shape index (κ2) is 4.34. The average Bonchev–Trinajstić information content (AvgIpc) is 1.63. The Kier molecular flexibility index (Phi) is 4.12. The van der Waals surface area contributed by atoms with Gasteiger partial charge in [-0.25, -0.2) is 0 Å². The predicted octanol–water partition coefficient (Wildman–Crippen LogP) is 1.89. The molecule has 3 heteroatoms. The number of thioether (sulfide) groups is 1. The van der Waals surface area contributed by atoms with Gasteiger partial charge >= 0.3 is 68.6 Å². The first-order valence-electron chi connectivity index (χ1n) is 2.89. The molecule has 0 nitrogen and oxygen atoms in total. The Morgan fingerprint density at radius 2 is 2.50 bits per heavy atom. The summed E-state index contributed by atoms with van der Waals surface area (Å²) in [4.78, 5) is 0. The fraction of sp³-hybridized carbons (Fsp3) is 1.00. The van der Waals surface area contributed by atoms with Gasteiger partial charge in [0, 0.05) is 0 Å². The summed E-state index contributed by atoms with van der Waals surface area (Å²) in [6, 6.07) is 0. The van der Waals surface area contributed by atoms with Crippen LogP contribution in [0.15, 0.2) is 0 Å². The van der Waals surface area contributed by atoms with Crippen molar-refractivity contribution in [1.82, 2.24) is 0 Å². The molecule has 0 N–H and O–H groups in total. The molecule has 1 aliphatic heterocycles. The summed E-state index contributed by atoms with van der Waals surface area (Å²) in [6.45, 7) is 2.32. The molecule has 0 bridgehead atoms. The van der Waals surface area contributed by atoms with Crippen molar-refractivity contribution in [3.63, 3.8) is 0 Å². The van der Waals surface area contributed by atoms with Crippen LogP contribution in [0.4, 0.5) is 0 Å². The number of rotatable bonds is 3. The van der Waals surface area contributed by atoms with E-state index in [1.807, 2.05) is 0 Å². The van der Waals surface area contributed by atoms with Crippen LogP contribution in [0.1, 0.15) is 6.92 Å². The van der Waals surface area contributed by atoms with Crippen LogP contribution in [0.2, 0.25) is 4.44 Å². The Morgan fingerprint density at radius 3 is 2.88 bits per heavy atom. The number of hydrogen-bond donors (Lipinski definition) is 0. The molecule has 1 saturated heterocycles. The standard InChI is InChI=1S/C3H6S2.C2H5.Sn/c4-3-1-5-2-3;1-2;/h3-4H,1-2H2;1H2,2H3;/q;;+1/p-1. The van der Waals surface area contributed by atoms with E-state index in [4.69, 9.17) is 0 Å². The molecule has 1 aliphatic rings. The van der Waals surface area contributed by atoms with Crippen LogP contribution in [-0.2, 0) is 0 Å². The SMILES string of the molecule is C[CH2][Sn][S]C1CSC1. The summed E-state index contributed by atoms with van der Waals surface area (Å²) in [7, 11) is 2.31. The van der Waals surface area contributed by atoms with E-state index in [9.17, 15) is 0 Å². The molecular formula is C5H10S2Sn. The molecule has 0 atom stereocenters. The molecule has 1 rings (SSSR count). The zero-order valence-corrected chi connectivity index (χ0v) is 9.50. The van der Waals surface area contributed by atoms with Crippen molar-refractivity contribution in [2.24, 2.45) is 0 Å². The molecule has 0 unspecified atom stereocenters. The zero-order chi connectivity index (χ0) is 5.82. The van der Waals surface area contributed by atoms with Gasteiger partial charge in [-0.2, -0.15) is 0 Å². The fourth-order valence-corrected chi connectivity index (χ4v) is 9.38. The van der Waals surface area contributed by atoms with Gasteiger partial charge in [0.05, 0.1) is 0 Å². The summed E-state index contributed by atoms with van der Waals surface area (Å²) in [5.41, 5.74) is 0. The van der Waals surface area contributed by atoms with Gasteiger partial charge in [-0.05, 0) is 0 Å². The van der Waals surface area contributed by atoms with Crippen LogP contribution >= 0.6 is 20.7 Å². The molecule has 1 heterocycles. The molecule has 2 radical (unpaired) electrons. The van der Waals surface area contributed by atoms with Gasteiger partial charge < -0.3 is 0 Å². The van der Waals surface area contributed by atoms with Crippen LogP contribution in [0, 0.1) is 0 Å². The summed E-state index contributed by atoms with van der Waals surface area (Å²) in [5.74, 6) is 2.90. The Labute approximate surface area is 68.2 Å². The van der Waals surface area contributed by atoms with Gasteiger partial charge in [0.15, 0.2) is 0 Å². The van der Waals surface area contributed by atoms with Gasteiger partial charge in [0.1, 0.15) is 0 Å². The van der Waals surface area contributed by atoms with Gasteiger partial charge in [-0.15, -0.1) is 0 Å². The monoisotopic (exact) mass is 254 g/mol. The molecule has 0 spiro atoms. The number of hydrogen-bond acceptors (Lipinski definition) is 2. The van der Waals surface area contributed by atoms with Crippen LogP contribution in [-0.4, -0.2) is 36.5 Å².